The maximum atomic E-state index is 13.5. The van der Waals surface area contributed by atoms with E-state index in [0.29, 0.717) is 24.0 Å². The van der Waals surface area contributed by atoms with Gasteiger partial charge in [-0.3, -0.25) is 10.1 Å². The molecule has 2 atom stereocenters. The second-order valence-electron chi connectivity index (χ2n) is 12.1. The zero-order chi connectivity index (χ0) is 28.3. The number of anilines is 2. The van der Waals surface area contributed by atoms with Crippen molar-refractivity contribution in [2.24, 2.45) is 5.92 Å². The molecule has 2 fully saturated rings. The van der Waals surface area contributed by atoms with Crippen molar-refractivity contribution in [1.82, 2.24) is 15.1 Å². The number of rotatable bonds is 7. The molecule has 0 spiro atoms. The van der Waals surface area contributed by atoms with Crippen LogP contribution in [-0.2, 0) is 14.9 Å². The molecule has 40 heavy (non-hydrogen) atoms. The van der Waals surface area contributed by atoms with Crippen LogP contribution in [-0.4, -0.2) is 47.4 Å². The molecule has 3 N–H and O–H groups in total. The van der Waals surface area contributed by atoms with Crippen LogP contribution >= 0.6 is 0 Å². The molecule has 1 unspecified atom stereocenters. The third kappa shape index (κ3) is 6.45. The molecule has 3 aromatic rings. The fourth-order valence-electron chi connectivity index (χ4n) is 5.62. The maximum absolute atomic E-state index is 13.5. The normalized spacial score (nSPS) is 18.9. The predicted octanol–water partition coefficient (Wildman–Crippen LogP) is 5.95. The van der Waals surface area contributed by atoms with Gasteiger partial charge in [0.05, 0.1) is 11.4 Å². The van der Waals surface area contributed by atoms with E-state index in [2.05, 4.69) is 36.7 Å². The first kappa shape index (κ1) is 28.1. The summed E-state index contributed by atoms with van der Waals surface area (Å²) in [5.41, 5.74) is 4.39. The van der Waals surface area contributed by atoms with Crippen LogP contribution in [0.2, 0.25) is 0 Å². The van der Waals surface area contributed by atoms with Crippen molar-refractivity contribution in [2.45, 2.75) is 70.8 Å². The minimum Gasteiger partial charge on any atom is -0.370 e. The van der Waals surface area contributed by atoms with E-state index in [-0.39, 0.29) is 29.3 Å². The molecule has 0 bridgehead atoms. The van der Waals surface area contributed by atoms with Crippen LogP contribution in [0.4, 0.5) is 16.3 Å². The number of amides is 2. The van der Waals surface area contributed by atoms with Gasteiger partial charge in [0, 0.05) is 29.7 Å². The fourth-order valence-corrected chi connectivity index (χ4v) is 5.62. The average molecular weight is 544 g/mol. The molecule has 8 heteroatoms. The predicted molar refractivity (Wildman–Crippen MR) is 158 cm³/mol. The van der Waals surface area contributed by atoms with Crippen molar-refractivity contribution in [1.29, 1.82) is 0 Å². The number of aryl methyl sites for hydroxylation is 1. The van der Waals surface area contributed by atoms with Gasteiger partial charge >= 0.3 is 6.03 Å². The zero-order valence-corrected chi connectivity index (χ0v) is 24.0. The highest BCUT2D eigenvalue weighted by Gasteiger charge is 2.36. The first-order valence-corrected chi connectivity index (χ1v) is 14.4. The highest BCUT2D eigenvalue weighted by atomic mass is 16.5. The SMILES string of the molecule is Cc1ccc(-n2nc(C(C)(C)C)cc2NC(=O)Nc2ccc(C(C(=O)[C@H]3CCCO3)C3CCNCC3)cc2)cc1. The van der Waals surface area contributed by atoms with Gasteiger partial charge in [-0.15, -0.1) is 0 Å². The van der Waals surface area contributed by atoms with Crippen molar-refractivity contribution in [2.75, 3.05) is 30.3 Å². The molecule has 1 aromatic heterocycles. The van der Waals surface area contributed by atoms with Crippen LogP contribution < -0.4 is 16.0 Å². The molecule has 0 aliphatic carbocycles. The van der Waals surface area contributed by atoms with Crippen molar-refractivity contribution < 1.29 is 14.3 Å². The lowest BCUT2D eigenvalue weighted by Crippen LogP contribution is -2.37. The third-order valence-corrected chi connectivity index (χ3v) is 7.93. The second-order valence-corrected chi connectivity index (χ2v) is 12.1. The number of Topliss-reactive ketones (excluding diaryl/α,β-unsaturated/α-hetero) is 1. The van der Waals surface area contributed by atoms with E-state index in [0.717, 1.165) is 61.3 Å². The zero-order valence-electron chi connectivity index (χ0n) is 24.0. The van der Waals surface area contributed by atoms with Crippen molar-refractivity contribution >= 4 is 23.3 Å². The van der Waals surface area contributed by atoms with E-state index < -0.39 is 0 Å². The van der Waals surface area contributed by atoms with Gasteiger partial charge in [-0.1, -0.05) is 50.6 Å². The average Bonchev–Trinajstić information content (AvgIpc) is 3.62. The third-order valence-electron chi connectivity index (χ3n) is 7.93. The molecule has 0 radical (unpaired) electrons. The van der Waals surface area contributed by atoms with Crippen LogP contribution in [0.15, 0.2) is 54.6 Å². The number of urea groups is 1. The van der Waals surface area contributed by atoms with Gasteiger partial charge in [0.1, 0.15) is 11.9 Å². The topological polar surface area (TPSA) is 97.3 Å². The molecule has 2 amide bonds. The first-order valence-electron chi connectivity index (χ1n) is 14.4. The molecular formula is C32H41N5O3. The van der Waals surface area contributed by atoms with Crippen LogP contribution in [0.3, 0.4) is 0 Å². The van der Waals surface area contributed by atoms with Gasteiger partial charge in [-0.25, -0.2) is 9.48 Å². The summed E-state index contributed by atoms with van der Waals surface area (Å²) in [6, 6.07) is 17.3. The van der Waals surface area contributed by atoms with Gasteiger partial charge in [0.15, 0.2) is 5.78 Å². The van der Waals surface area contributed by atoms with Gasteiger partial charge in [-0.05, 0) is 81.4 Å². The Labute approximate surface area is 236 Å². The summed E-state index contributed by atoms with van der Waals surface area (Å²) < 4.78 is 7.54. The summed E-state index contributed by atoms with van der Waals surface area (Å²) in [4.78, 5) is 26.6. The van der Waals surface area contributed by atoms with E-state index in [1.807, 2.05) is 61.5 Å². The second kappa shape index (κ2) is 11.9. The molecule has 212 valence electrons. The van der Waals surface area contributed by atoms with Gasteiger partial charge < -0.3 is 15.4 Å². The number of hydrogen-bond acceptors (Lipinski definition) is 5. The van der Waals surface area contributed by atoms with Crippen LogP contribution in [0.1, 0.15) is 69.2 Å². The largest absolute Gasteiger partial charge is 0.370 e. The Bertz CT molecular complexity index is 1310. The summed E-state index contributed by atoms with van der Waals surface area (Å²) in [5.74, 6) is 0.893. The first-order chi connectivity index (χ1) is 19.2. The molecule has 2 aromatic carbocycles. The number of ketones is 1. The van der Waals surface area contributed by atoms with E-state index in [1.165, 1.54) is 0 Å². The van der Waals surface area contributed by atoms with E-state index in [9.17, 15) is 9.59 Å². The number of nitrogens with zero attached hydrogens (tertiary/aromatic N) is 2. The quantitative estimate of drug-likeness (QED) is 0.342. The van der Waals surface area contributed by atoms with Crippen LogP contribution in [0.5, 0.6) is 0 Å². The fraction of sp³-hybridized carbons (Fsp3) is 0.469. The Morgan fingerprint density at radius 1 is 1.00 bits per heavy atom. The van der Waals surface area contributed by atoms with E-state index in [1.54, 1.807) is 4.68 Å². The molecule has 2 aliphatic heterocycles. The highest BCUT2D eigenvalue weighted by molar-refractivity contribution is 5.99. The van der Waals surface area contributed by atoms with Crippen LogP contribution in [0, 0.1) is 12.8 Å². The maximum Gasteiger partial charge on any atom is 0.324 e. The Hall–Kier alpha value is -3.49. The summed E-state index contributed by atoms with van der Waals surface area (Å²) in [6.07, 6.45) is 3.37. The minimum atomic E-state index is -0.355. The molecule has 2 saturated heterocycles. The van der Waals surface area contributed by atoms with Crippen molar-refractivity contribution in [3.05, 3.63) is 71.4 Å². The monoisotopic (exact) mass is 543 g/mol. The van der Waals surface area contributed by atoms with Crippen LogP contribution in [0.25, 0.3) is 5.69 Å². The Balaban J connectivity index is 1.32. The molecule has 5 rings (SSSR count). The summed E-state index contributed by atoms with van der Waals surface area (Å²) in [6.45, 7) is 10.8. The number of carbonyl (C=O) groups is 2. The van der Waals surface area contributed by atoms with E-state index >= 15 is 0 Å². The number of benzene rings is 2. The smallest absolute Gasteiger partial charge is 0.324 e. The van der Waals surface area contributed by atoms with Gasteiger partial charge in [0.2, 0.25) is 0 Å². The van der Waals surface area contributed by atoms with E-state index in [4.69, 9.17) is 9.84 Å². The van der Waals surface area contributed by atoms with Crippen molar-refractivity contribution in [3.8, 4) is 5.69 Å². The number of aromatic nitrogens is 2. The molecule has 3 heterocycles. The minimum absolute atomic E-state index is 0.176. The van der Waals surface area contributed by atoms with Gasteiger partial charge in [-0.2, -0.15) is 5.10 Å². The van der Waals surface area contributed by atoms with Gasteiger partial charge in [0.25, 0.3) is 0 Å². The molecule has 0 saturated carbocycles. The Morgan fingerprint density at radius 3 is 2.33 bits per heavy atom. The highest BCUT2D eigenvalue weighted by Crippen LogP contribution is 2.35. The van der Waals surface area contributed by atoms with Crippen molar-refractivity contribution in [3.63, 3.8) is 0 Å². The lowest BCUT2D eigenvalue weighted by Gasteiger charge is -2.31. The molecule has 8 nitrogen and oxygen atoms in total. The number of ether oxygens (including phenoxy) is 1. The summed E-state index contributed by atoms with van der Waals surface area (Å²) in [5, 5.41) is 14.1. The number of piperidine rings is 1. The Kier molecular flexibility index (Phi) is 8.38. The lowest BCUT2D eigenvalue weighted by molar-refractivity contribution is -0.130. The summed E-state index contributed by atoms with van der Waals surface area (Å²) in [7, 11) is 0. The molecular weight excluding hydrogens is 502 g/mol. The Morgan fingerprint density at radius 2 is 1.70 bits per heavy atom. The molecule has 2 aliphatic rings. The number of nitrogens with one attached hydrogen (secondary N) is 3. The standard InChI is InChI=1S/C32H41N5O3/c1-21-7-13-25(14-8-21)37-28(20-27(36-37)32(2,3)4)35-31(39)34-24-11-9-22(10-12-24)29(23-15-17-33-18-16-23)30(38)26-6-5-19-40-26/h7-14,20,23,26,29,33H,5-6,15-19H2,1-4H3,(H2,34,35,39)/t26-,29?/m1/s1. The lowest BCUT2D eigenvalue weighted by atomic mass is 9.76. The number of carbonyl (C=O) groups excluding carboxylic acids is 2. The number of hydrogen-bond donors (Lipinski definition) is 3. The summed E-state index contributed by atoms with van der Waals surface area (Å²) >= 11 is 0.